The molecule has 0 saturated heterocycles. The van der Waals surface area contributed by atoms with E-state index >= 15 is 0 Å². The summed E-state index contributed by atoms with van der Waals surface area (Å²) in [5.74, 6) is 0.560. The van der Waals surface area contributed by atoms with Crippen LogP contribution < -0.4 is 4.74 Å². The number of hydrogen-bond donors (Lipinski definition) is 2. The van der Waals surface area contributed by atoms with Crippen molar-refractivity contribution in [2.75, 3.05) is 0 Å². The molecular weight excluding hydrogens is 292 g/mol. The van der Waals surface area contributed by atoms with Crippen molar-refractivity contribution < 1.29 is 19.7 Å². The highest BCUT2D eigenvalue weighted by Gasteiger charge is 2.07. The summed E-state index contributed by atoms with van der Waals surface area (Å²) in [4.78, 5) is 11.0. The van der Waals surface area contributed by atoms with Crippen molar-refractivity contribution >= 4 is 16.7 Å². The Bertz CT molecular complexity index is 807. The predicted molar refractivity (Wildman–Crippen MR) is 89.8 cm³/mol. The van der Waals surface area contributed by atoms with Crippen LogP contribution in [0.3, 0.4) is 0 Å². The number of fused-ring (bicyclic) bond motifs is 1. The fourth-order valence-electron chi connectivity index (χ4n) is 2.12. The van der Waals surface area contributed by atoms with Crippen LogP contribution in [-0.4, -0.2) is 16.2 Å². The number of ether oxygens (including phenoxy) is 1. The summed E-state index contributed by atoms with van der Waals surface area (Å²) in [6.45, 7) is 3.35. The molecule has 3 aromatic carbocycles. The molecule has 3 rings (SSSR count). The molecular formula is C19H18O4. The molecule has 0 aromatic heterocycles. The average Bonchev–Trinajstić information content (AvgIpc) is 2.50. The summed E-state index contributed by atoms with van der Waals surface area (Å²) in [6, 6.07) is 17.7. The number of carbonyl (C=O) groups is 1. The highest BCUT2D eigenvalue weighted by molar-refractivity contribution is 5.91. The van der Waals surface area contributed by atoms with Crippen LogP contribution in [-0.2, 0) is 4.79 Å². The second-order valence-electron chi connectivity index (χ2n) is 5.05. The van der Waals surface area contributed by atoms with Crippen LogP contribution in [0.4, 0.5) is 0 Å². The number of aromatic hydroxyl groups is 2. The Balaban J connectivity index is 0.000000203. The van der Waals surface area contributed by atoms with Gasteiger partial charge >= 0.3 is 5.97 Å². The van der Waals surface area contributed by atoms with Gasteiger partial charge in [-0.25, -0.2) is 0 Å². The maximum absolute atomic E-state index is 11.0. The number of benzene rings is 3. The van der Waals surface area contributed by atoms with Crippen molar-refractivity contribution in [3.05, 3.63) is 66.2 Å². The maximum atomic E-state index is 11.0. The van der Waals surface area contributed by atoms with E-state index in [4.69, 9.17) is 14.9 Å². The van der Waals surface area contributed by atoms with Crippen LogP contribution in [0, 0.1) is 6.92 Å². The molecule has 0 radical (unpaired) electrons. The third-order valence-electron chi connectivity index (χ3n) is 3.15. The molecule has 0 aliphatic rings. The molecule has 4 heteroatoms. The molecule has 0 saturated carbocycles. The lowest BCUT2D eigenvalue weighted by molar-refractivity contribution is -0.131. The third kappa shape index (κ3) is 4.48. The minimum atomic E-state index is -0.283. The second-order valence-corrected chi connectivity index (χ2v) is 5.05. The summed E-state index contributed by atoms with van der Waals surface area (Å²) >= 11 is 0. The third-order valence-corrected chi connectivity index (χ3v) is 3.15. The Morgan fingerprint density at radius 3 is 2.13 bits per heavy atom. The molecule has 23 heavy (non-hydrogen) atoms. The monoisotopic (exact) mass is 310 g/mol. The highest BCUT2D eigenvalue weighted by atomic mass is 16.5. The molecule has 3 aromatic rings. The highest BCUT2D eigenvalue weighted by Crippen LogP contribution is 2.29. The molecule has 0 fully saturated rings. The zero-order valence-corrected chi connectivity index (χ0v) is 13.0. The molecule has 118 valence electrons. The van der Waals surface area contributed by atoms with E-state index in [1.807, 2.05) is 43.3 Å². The van der Waals surface area contributed by atoms with Gasteiger partial charge < -0.3 is 14.9 Å². The summed E-state index contributed by atoms with van der Waals surface area (Å²) in [5, 5.41) is 19.4. The molecule has 0 unspecified atom stereocenters. The first-order chi connectivity index (χ1) is 11.0. The van der Waals surface area contributed by atoms with Gasteiger partial charge in [0.2, 0.25) is 0 Å². The maximum Gasteiger partial charge on any atom is 0.308 e. The molecule has 0 aliphatic carbocycles. The zero-order chi connectivity index (χ0) is 16.8. The number of aryl methyl sites for hydroxylation is 1. The first-order valence-electron chi connectivity index (χ1n) is 7.12. The van der Waals surface area contributed by atoms with Crippen LogP contribution in [0.15, 0.2) is 60.7 Å². The van der Waals surface area contributed by atoms with Gasteiger partial charge in [0, 0.05) is 18.4 Å². The number of rotatable bonds is 1. The van der Waals surface area contributed by atoms with E-state index < -0.39 is 0 Å². The molecule has 0 bridgehead atoms. The number of esters is 1. The molecule has 4 nitrogen and oxygen atoms in total. The van der Waals surface area contributed by atoms with Crippen molar-refractivity contribution in [3.8, 4) is 17.2 Å². The van der Waals surface area contributed by atoms with E-state index in [-0.39, 0.29) is 17.5 Å². The van der Waals surface area contributed by atoms with Gasteiger partial charge in [-0.3, -0.25) is 4.79 Å². The minimum Gasteiger partial charge on any atom is -0.508 e. The smallest absolute Gasteiger partial charge is 0.308 e. The van der Waals surface area contributed by atoms with E-state index in [0.29, 0.717) is 5.75 Å². The molecule has 0 aliphatic heterocycles. The van der Waals surface area contributed by atoms with Crippen LogP contribution in [0.5, 0.6) is 17.2 Å². The number of phenolic OH excluding ortho intramolecular Hbond substituents is 2. The summed E-state index contributed by atoms with van der Waals surface area (Å²) in [6.07, 6.45) is 0. The molecule has 2 N–H and O–H groups in total. The van der Waals surface area contributed by atoms with Crippen LogP contribution in [0.2, 0.25) is 0 Å². The Kier molecular flexibility index (Phi) is 5.20. The minimum absolute atomic E-state index is 0.0880. The van der Waals surface area contributed by atoms with E-state index in [2.05, 4.69) is 0 Å². The van der Waals surface area contributed by atoms with Gasteiger partial charge in [-0.2, -0.15) is 0 Å². The lowest BCUT2D eigenvalue weighted by Crippen LogP contribution is -2.03. The van der Waals surface area contributed by atoms with Crippen molar-refractivity contribution in [2.24, 2.45) is 0 Å². The summed E-state index contributed by atoms with van der Waals surface area (Å²) in [7, 11) is 0. The van der Waals surface area contributed by atoms with Gasteiger partial charge in [0.15, 0.2) is 0 Å². The van der Waals surface area contributed by atoms with E-state index in [1.54, 1.807) is 6.07 Å². The number of hydrogen-bond acceptors (Lipinski definition) is 4. The molecule has 0 amide bonds. The standard InChI is InChI=1S/C13H12O2.C6H6O2/c1-9-7-8-11-5-3-4-6-12(11)13(9)15-10(2)14;7-5-2-1-3-6(8)4-5/h3-8H,1-2H3;1-4,7-8H. The number of carbonyl (C=O) groups excluding carboxylic acids is 1. The summed E-state index contributed by atoms with van der Waals surface area (Å²) < 4.78 is 5.22. The molecule has 0 atom stereocenters. The first-order valence-corrected chi connectivity index (χ1v) is 7.12. The summed E-state index contributed by atoms with van der Waals surface area (Å²) in [5.41, 5.74) is 0.976. The molecule has 0 spiro atoms. The second kappa shape index (κ2) is 7.31. The van der Waals surface area contributed by atoms with Crippen molar-refractivity contribution in [1.82, 2.24) is 0 Å². The number of phenols is 2. The SMILES string of the molecule is CC(=O)Oc1c(C)ccc2ccccc12.Oc1cccc(O)c1. The lowest BCUT2D eigenvalue weighted by Gasteiger charge is -2.08. The van der Waals surface area contributed by atoms with Gasteiger partial charge in [0.05, 0.1) is 0 Å². The van der Waals surface area contributed by atoms with E-state index in [1.165, 1.54) is 25.1 Å². The Hall–Kier alpha value is -3.01. The molecule has 0 heterocycles. The van der Waals surface area contributed by atoms with Crippen LogP contribution in [0.1, 0.15) is 12.5 Å². The van der Waals surface area contributed by atoms with Gasteiger partial charge in [0.25, 0.3) is 0 Å². The fraction of sp³-hybridized carbons (Fsp3) is 0.105. The van der Waals surface area contributed by atoms with Gasteiger partial charge in [-0.15, -0.1) is 0 Å². The fourth-order valence-corrected chi connectivity index (χ4v) is 2.12. The Labute approximate surface area is 134 Å². The topological polar surface area (TPSA) is 66.8 Å². The largest absolute Gasteiger partial charge is 0.508 e. The van der Waals surface area contributed by atoms with Crippen molar-refractivity contribution in [2.45, 2.75) is 13.8 Å². The van der Waals surface area contributed by atoms with Crippen LogP contribution >= 0.6 is 0 Å². The van der Waals surface area contributed by atoms with E-state index in [9.17, 15) is 4.79 Å². The normalized spacial score (nSPS) is 9.83. The predicted octanol–water partition coefficient (Wildman–Crippen LogP) is 4.17. The Morgan fingerprint density at radius 1 is 0.913 bits per heavy atom. The quantitative estimate of drug-likeness (QED) is 0.523. The average molecular weight is 310 g/mol. The van der Waals surface area contributed by atoms with E-state index in [0.717, 1.165) is 16.3 Å². The first kappa shape index (κ1) is 16.4. The van der Waals surface area contributed by atoms with Gasteiger partial charge in [0.1, 0.15) is 17.2 Å². The van der Waals surface area contributed by atoms with Crippen molar-refractivity contribution in [3.63, 3.8) is 0 Å². The van der Waals surface area contributed by atoms with Gasteiger partial charge in [-0.1, -0.05) is 42.5 Å². The Morgan fingerprint density at radius 2 is 1.57 bits per heavy atom. The van der Waals surface area contributed by atoms with Crippen LogP contribution in [0.25, 0.3) is 10.8 Å². The van der Waals surface area contributed by atoms with Gasteiger partial charge in [-0.05, 0) is 30.0 Å². The lowest BCUT2D eigenvalue weighted by atomic mass is 10.1. The van der Waals surface area contributed by atoms with Crippen molar-refractivity contribution in [1.29, 1.82) is 0 Å². The zero-order valence-electron chi connectivity index (χ0n) is 13.0.